The van der Waals surface area contributed by atoms with E-state index in [-0.39, 0.29) is 0 Å². The molecule has 1 saturated carbocycles. The van der Waals surface area contributed by atoms with E-state index in [9.17, 15) is 0 Å². The van der Waals surface area contributed by atoms with Crippen LogP contribution in [0.1, 0.15) is 36.1 Å². The number of thiophene rings is 1. The highest BCUT2D eigenvalue weighted by Crippen LogP contribution is 2.27. The Morgan fingerprint density at radius 3 is 2.78 bits per heavy atom. The molecule has 1 aromatic carbocycles. The van der Waals surface area contributed by atoms with Crippen LogP contribution in [0.5, 0.6) is 0 Å². The Kier molecular flexibility index (Phi) is 5.57. The van der Waals surface area contributed by atoms with Gasteiger partial charge >= 0.3 is 0 Å². The Morgan fingerprint density at radius 2 is 2.13 bits per heavy atom. The van der Waals surface area contributed by atoms with E-state index in [4.69, 9.17) is 23.8 Å². The standard InChI is InChI=1S/C18H21ClN2S2/c1-13-8-9-14(11-17(13)19)20-18(22)21(15-5-2-3-6-15)12-16-7-4-10-23-16/h4,7-11,15H,2-3,5-6,12H2,1H3,(H,20,22). The molecule has 122 valence electrons. The molecular formula is C18H21ClN2S2. The normalized spacial score (nSPS) is 14.9. The zero-order chi connectivity index (χ0) is 16.2. The number of halogens is 1. The average Bonchev–Trinajstić information content (AvgIpc) is 3.21. The van der Waals surface area contributed by atoms with E-state index in [0.29, 0.717) is 6.04 Å². The van der Waals surface area contributed by atoms with Crippen molar-refractivity contribution in [2.24, 2.45) is 0 Å². The first-order valence-electron chi connectivity index (χ1n) is 7.99. The molecule has 0 amide bonds. The van der Waals surface area contributed by atoms with Gasteiger partial charge in [0.05, 0.1) is 6.54 Å². The van der Waals surface area contributed by atoms with Crippen LogP contribution >= 0.6 is 35.2 Å². The quantitative estimate of drug-likeness (QED) is 0.685. The summed E-state index contributed by atoms with van der Waals surface area (Å²) in [5.41, 5.74) is 2.04. The average molecular weight is 365 g/mol. The molecule has 1 aromatic heterocycles. The summed E-state index contributed by atoms with van der Waals surface area (Å²) in [5.74, 6) is 0. The Hall–Kier alpha value is -1.10. The minimum atomic E-state index is 0.540. The molecule has 0 bridgehead atoms. The monoisotopic (exact) mass is 364 g/mol. The number of aryl methyl sites for hydroxylation is 1. The van der Waals surface area contributed by atoms with E-state index in [1.165, 1.54) is 30.6 Å². The van der Waals surface area contributed by atoms with Crippen LogP contribution in [0.15, 0.2) is 35.7 Å². The maximum Gasteiger partial charge on any atom is 0.174 e. The summed E-state index contributed by atoms with van der Waals surface area (Å²) >= 11 is 13.7. The first kappa shape index (κ1) is 16.7. The van der Waals surface area contributed by atoms with E-state index in [1.54, 1.807) is 11.3 Å². The lowest BCUT2D eigenvalue weighted by molar-refractivity contribution is 0.314. The second-order valence-electron chi connectivity index (χ2n) is 6.04. The van der Waals surface area contributed by atoms with Crippen LogP contribution in [0.25, 0.3) is 0 Å². The molecule has 0 aliphatic heterocycles. The Balaban J connectivity index is 1.74. The topological polar surface area (TPSA) is 15.3 Å². The van der Waals surface area contributed by atoms with Crippen LogP contribution in [-0.2, 0) is 6.54 Å². The maximum atomic E-state index is 6.22. The van der Waals surface area contributed by atoms with Gasteiger partial charge in [0.2, 0.25) is 0 Å². The zero-order valence-electron chi connectivity index (χ0n) is 13.2. The molecule has 1 aliphatic rings. The van der Waals surface area contributed by atoms with Gasteiger partial charge in [-0.25, -0.2) is 0 Å². The van der Waals surface area contributed by atoms with Crippen molar-refractivity contribution >= 4 is 46.0 Å². The molecule has 2 nitrogen and oxygen atoms in total. The molecule has 1 heterocycles. The SMILES string of the molecule is Cc1ccc(NC(=S)N(Cc2cccs2)C2CCCC2)cc1Cl. The van der Waals surface area contributed by atoms with Gasteiger partial charge < -0.3 is 10.2 Å². The van der Waals surface area contributed by atoms with Gasteiger partial charge in [-0.15, -0.1) is 11.3 Å². The van der Waals surface area contributed by atoms with Crippen LogP contribution in [0.2, 0.25) is 5.02 Å². The third-order valence-corrected chi connectivity index (χ3v) is 5.96. The highest BCUT2D eigenvalue weighted by molar-refractivity contribution is 7.80. The Bertz CT molecular complexity index is 664. The predicted molar refractivity (Wildman–Crippen MR) is 105 cm³/mol. The number of thiocarbonyl (C=S) groups is 1. The number of nitrogens with zero attached hydrogens (tertiary/aromatic N) is 1. The second kappa shape index (κ2) is 7.65. The molecule has 0 radical (unpaired) electrons. The van der Waals surface area contributed by atoms with Gasteiger partial charge in [0, 0.05) is 21.6 Å². The van der Waals surface area contributed by atoms with Crippen molar-refractivity contribution < 1.29 is 0 Å². The molecule has 0 spiro atoms. The number of rotatable bonds is 4. The third-order valence-electron chi connectivity index (χ3n) is 4.36. The van der Waals surface area contributed by atoms with Gasteiger partial charge in [0.15, 0.2) is 5.11 Å². The van der Waals surface area contributed by atoms with Crippen LogP contribution in [-0.4, -0.2) is 16.1 Å². The van der Waals surface area contributed by atoms with Gasteiger partial charge in [-0.1, -0.05) is 36.6 Å². The van der Waals surface area contributed by atoms with Crippen molar-refractivity contribution in [1.82, 2.24) is 4.90 Å². The lowest BCUT2D eigenvalue weighted by Crippen LogP contribution is -2.40. The smallest absolute Gasteiger partial charge is 0.174 e. The van der Waals surface area contributed by atoms with Crippen LogP contribution in [0, 0.1) is 6.92 Å². The zero-order valence-corrected chi connectivity index (χ0v) is 15.6. The molecule has 0 unspecified atom stereocenters. The van der Waals surface area contributed by atoms with Crippen molar-refractivity contribution in [3.05, 3.63) is 51.2 Å². The molecule has 1 fully saturated rings. The van der Waals surface area contributed by atoms with Crippen molar-refractivity contribution in [2.45, 2.75) is 45.2 Å². The van der Waals surface area contributed by atoms with Crippen molar-refractivity contribution in [3.8, 4) is 0 Å². The number of hydrogen-bond acceptors (Lipinski definition) is 2. The number of hydrogen-bond donors (Lipinski definition) is 1. The van der Waals surface area contributed by atoms with Gasteiger partial charge in [-0.3, -0.25) is 0 Å². The maximum absolute atomic E-state index is 6.22. The first-order chi connectivity index (χ1) is 11.1. The fourth-order valence-electron chi connectivity index (χ4n) is 3.02. The molecular weight excluding hydrogens is 344 g/mol. The van der Waals surface area contributed by atoms with Gasteiger partial charge in [0.25, 0.3) is 0 Å². The molecule has 23 heavy (non-hydrogen) atoms. The van der Waals surface area contributed by atoms with Crippen molar-refractivity contribution in [2.75, 3.05) is 5.32 Å². The minimum Gasteiger partial charge on any atom is -0.341 e. The van der Waals surface area contributed by atoms with Crippen molar-refractivity contribution in [1.29, 1.82) is 0 Å². The highest BCUT2D eigenvalue weighted by Gasteiger charge is 2.25. The Labute approximate surface area is 152 Å². The van der Waals surface area contributed by atoms with Gasteiger partial charge in [-0.2, -0.15) is 0 Å². The summed E-state index contributed by atoms with van der Waals surface area (Å²) in [4.78, 5) is 3.70. The molecule has 2 aromatic rings. The van der Waals surface area contributed by atoms with E-state index >= 15 is 0 Å². The summed E-state index contributed by atoms with van der Waals surface area (Å²) in [6.07, 6.45) is 5.04. The number of anilines is 1. The van der Waals surface area contributed by atoms with E-state index in [2.05, 4.69) is 27.7 Å². The summed E-state index contributed by atoms with van der Waals surface area (Å²) in [7, 11) is 0. The first-order valence-corrected chi connectivity index (χ1v) is 9.66. The summed E-state index contributed by atoms with van der Waals surface area (Å²) < 4.78 is 0. The number of benzene rings is 1. The highest BCUT2D eigenvalue weighted by atomic mass is 35.5. The van der Waals surface area contributed by atoms with Gasteiger partial charge in [-0.05, 0) is 61.1 Å². The second-order valence-corrected chi connectivity index (χ2v) is 7.87. The third kappa shape index (κ3) is 4.25. The summed E-state index contributed by atoms with van der Waals surface area (Å²) in [5, 5.41) is 7.06. The minimum absolute atomic E-state index is 0.540. The molecule has 1 N–H and O–H groups in total. The van der Waals surface area contributed by atoms with Crippen LogP contribution in [0.3, 0.4) is 0 Å². The number of nitrogens with one attached hydrogen (secondary N) is 1. The lowest BCUT2D eigenvalue weighted by atomic mass is 10.2. The molecule has 5 heteroatoms. The molecule has 3 rings (SSSR count). The molecule has 0 saturated heterocycles. The largest absolute Gasteiger partial charge is 0.341 e. The van der Waals surface area contributed by atoms with Crippen molar-refractivity contribution in [3.63, 3.8) is 0 Å². The molecule has 0 atom stereocenters. The van der Waals surface area contributed by atoms with E-state index < -0.39 is 0 Å². The van der Waals surface area contributed by atoms with Crippen LogP contribution in [0.4, 0.5) is 5.69 Å². The fourth-order valence-corrected chi connectivity index (χ4v) is 4.23. The fraction of sp³-hybridized carbons (Fsp3) is 0.389. The molecule has 1 aliphatic carbocycles. The van der Waals surface area contributed by atoms with Gasteiger partial charge in [0.1, 0.15) is 0 Å². The Morgan fingerprint density at radius 1 is 1.35 bits per heavy atom. The van der Waals surface area contributed by atoms with Crippen LogP contribution < -0.4 is 5.32 Å². The van der Waals surface area contributed by atoms with E-state index in [1.807, 2.05) is 25.1 Å². The lowest BCUT2D eigenvalue weighted by Gasteiger charge is -2.31. The summed E-state index contributed by atoms with van der Waals surface area (Å²) in [6, 6.07) is 10.8. The van der Waals surface area contributed by atoms with E-state index in [0.717, 1.165) is 27.9 Å². The predicted octanol–water partition coefficient (Wildman–Crippen LogP) is 5.85. The summed E-state index contributed by atoms with van der Waals surface area (Å²) in [6.45, 7) is 2.89.